The van der Waals surface area contributed by atoms with Crippen LogP contribution in [0.2, 0.25) is 5.02 Å². The number of halogens is 1. The number of carbonyl (C=O) groups excluding carboxylic acids is 2. The van der Waals surface area contributed by atoms with Crippen molar-refractivity contribution >= 4 is 29.1 Å². The lowest BCUT2D eigenvalue weighted by molar-refractivity contribution is -0.137. The lowest BCUT2D eigenvalue weighted by Gasteiger charge is -2.24. The summed E-state index contributed by atoms with van der Waals surface area (Å²) in [6.07, 6.45) is 4.78. The molecule has 0 bridgehead atoms. The van der Waals surface area contributed by atoms with Crippen molar-refractivity contribution in [3.8, 4) is 0 Å². The number of aliphatic hydroxyl groups is 1. The first-order valence-corrected chi connectivity index (χ1v) is 8.38. The molecule has 2 rings (SSSR count). The topological polar surface area (TPSA) is 78.4 Å². The molecule has 0 radical (unpaired) electrons. The maximum atomic E-state index is 12.1. The van der Waals surface area contributed by atoms with E-state index in [9.17, 15) is 14.7 Å². The largest absolute Gasteiger partial charge is 0.396 e. The number of rotatable bonds is 3. The zero-order valence-electron chi connectivity index (χ0n) is 13.3. The average molecular weight is 339 g/mol. The van der Waals surface area contributed by atoms with E-state index in [1.54, 1.807) is 12.1 Å². The molecule has 126 valence electrons. The van der Waals surface area contributed by atoms with Crippen LogP contribution in [0.4, 0.5) is 5.69 Å². The third-order valence-electron chi connectivity index (χ3n) is 4.36. The highest BCUT2D eigenvalue weighted by atomic mass is 35.5. The molecule has 1 aliphatic carbocycles. The van der Waals surface area contributed by atoms with Gasteiger partial charge in [0.05, 0.1) is 10.7 Å². The zero-order chi connectivity index (χ0) is 16.8. The third kappa shape index (κ3) is 4.69. The predicted molar refractivity (Wildman–Crippen MR) is 90.4 cm³/mol. The second kappa shape index (κ2) is 8.31. The van der Waals surface area contributed by atoms with E-state index in [2.05, 4.69) is 10.6 Å². The first kappa shape index (κ1) is 17.8. The Hall–Kier alpha value is -1.59. The summed E-state index contributed by atoms with van der Waals surface area (Å²) in [5, 5.41) is 15.2. The summed E-state index contributed by atoms with van der Waals surface area (Å²) in [7, 11) is 0. The van der Waals surface area contributed by atoms with E-state index in [4.69, 9.17) is 11.6 Å². The number of amides is 2. The highest BCUT2D eigenvalue weighted by molar-refractivity contribution is 6.41. The van der Waals surface area contributed by atoms with Gasteiger partial charge in [0.25, 0.3) is 0 Å². The van der Waals surface area contributed by atoms with Crippen molar-refractivity contribution in [1.29, 1.82) is 0 Å². The van der Waals surface area contributed by atoms with Gasteiger partial charge < -0.3 is 15.7 Å². The Balaban J connectivity index is 1.99. The summed E-state index contributed by atoms with van der Waals surface area (Å²) in [6, 6.07) is 5.09. The first-order valence-electron chi connectivity index (χ1n) is 8.00. The number of anilines is 1. The van der Waals surface area contributed by atoms with Crippen molar-refractivity contribution in [2.24, 2.45) is 5.92 Å². The Morgan fingerprint density at radius 3 is 2.70 bits per heavy atom. The van der Waals surface area contributed by atoms with Gasteiger partial charge in [0, 0.05) is 18.6 Å². The van der Waals surface area contributed by atoms with Gasteiger partial charge >= 0.3 is 11.8 Å². The third-order valence-corrected chi connectivity index (χ3v) is 4.86. The maximum Gasteiger partial charge on any atom is 0.313 e. The van der Waals surface area contributed by atoms with Crippen LogP contribution in [0, 0.1) is 12.8 Å². The lowest BCUT2D eigenvalue weighted by Crippen LogP contribution is -2.45. The fourth-order valence-corrected chi connectivity index (χ4v) is 3.12. The monoisotopic (exact) mass is 338 g/mol. The molecule has 1 aromatic rings. The number of aliphatic hydroxyl groups excluding tert-OH is 1. The Kier molecular flexibility index (Phi) is 6.42. The number of benzene rings is 1. The van der Waals surface area contributed by atoms with Crippen LogP contribution in [-0.2, 0) is 9.59 Å². The molecule has 1 saturated carbocycles. The molecule has 1 aromatic carbocycles. The maximum absolute atomic E-state index is 12.1. The molecular formula is C17H23ClN2O3. The summed E-state index contributed by atoms with van der Waals surface area (Å²) in [5.41, 5.74) is 1.25. The van der Waals surface area contributed by atoms with E-state index in [-0.39, 0.29) is 18.6 Å². The fourth-order valence-electron chi connectivity index (χ4n) is 2.95. The molecule has 0 aromatic heterocycles. The summed E-state index contributed by atoms with van der Waals surface area (Å²) in [6.45, 7) is 1.85. The summed E-state index contributed by atoms with van der Waals surface area (Å²) in [4.78, 5) is 24.2. The van der Waals surface area contributed by atoms with Crippen LogP contribution in [0.1, 0.15) is 37.7 Å². The van der Waals surface area contributed by atoms with Crippen molar-refractivity contribution in [1.82, 2.24) is 5.32 Å². The van der Waals surface area contributed by atoms with Crippen LogP contribution in [-0.4, -0.2) is 29.6 Å². The molecule has 0 heterocycles. The van der Waals surface area contributed by atoms with E-state index < -0.39 is 11.8 Å². The molecule has 2 unspecified atom stereocenters. The molecule has 1 aliphatic rings. The molecule has 0 saturated heterocycles. The van der Waals surface area contributed by atoms with E-state index >= 15 is 0 Å². The average Bonchev–Trinajstić information content (AvgIpc) is 2.76. The van der Waals surface area contributed by atoms with Crippen molar-refractivity contribution in [2.75, 3.05) is 11.9 Å². The van der Waals surface area contributed by atoms with Crippen LogP contribution >= 0.6 is 11.6 Å². The van der Waals surface area contributed by atoms with Gasteiger partial charge in [-0.05, 0) is 31.4 Å². The van der Waals surface area contributed by atoms with Gasteiger partial charge in [0.1, 0.15) is 0 Å². The van der Waals surface area contributed by atoms with Gasteiger partial charge in [-0.25, -0.2) is 0 Å². The van der Waals surface area contributed by atoms with Crippen molar-refractivity contribution in [2.45, 2.75) is 45.1 Å². The van der Waals surface area contributed by atoms with E-state index in [0.717, 1.165) is 37.7 Å². The molecule has 5 nitrogen and oxygen atoms in total. The van der Waals surface area contributed by atoms with Crippen LogP contribution in [0.5, 0.6) is 0 Å². The van der Waals surface area contributed by atoms with Gasteiger partial charge in [-0.3, -0.25) is 9.59 Å². The summed E-state index contributed by atoms with van der Waals surface area (Å²) < 4.78 is 0. The Labute approximate surface area is 141 Å². The quantitative estimate of drug-likeness (QED) is 0.585. The van der Waals surface area contributed by atoms with Gasteiger partial charge in [-0.15, -0.1) is 0 Å². The van der Waals surface area contributed by atoms with Crippen LogP contribution in [0.25, 0.3) is 0 Å². The molecule has 2 amide bonds. The highest BCUT2D eigenvalue weighted by Crippen LogP contribution is 2.25. The Morgan fingerprint density at radius 2 is 1.96 bits per heavy atom. The fraction of sp³-hybridized carbons (Fsp3) is 0.529. The lowest BCUT2D eigenvalue weighted by atomic mass is 9.95. The number of hydrogen-bond donors (Lipinski definition) is 3. The van der Waals surface area contributed by atoms with Crippen LogP contribution in [0.3, 0.4) is 0 Å². The summed E-state index contributed by atoms with van der Waals surface area (Å²) >= 11 is 6.12. The van der Waals surface area contributed by atoms with Crippen LogP contribution < -0.4 is 10.6 Å². The molecule has 0 aliphatic heterocycles. The summed E-state index contributed by atoms with van der Waals surface area (Å²) in [5.74, 6) is -1.41. The Morgan fingerprint density at radius 1 is 1.22 bits per heavy atom. The standard InChI is InChI=1S/C17H23ClN2O3/c1-11-6-5-9-14(15(11)18)20-17(23)16(22)19-13-8-4-2-3-7-12(13)10-21/h5-6,9,12-13,21H,2-4,7-8,10H2,1H3,(H,19,22)(H,20,23). The second-order valence-electron chi connectivity index (χ2n) is 6.05. The number of nitrogens with one attached hydrogen (secondary N) is 2. The van der Waals surface area contributed by atoms with Gasteiger partial charge in [-0.2, -0.15) is 0 Å². The first-order chi connectivity index (χ1) is 11.0. The van der Waals surface area contributed by atoms with E-state index in [1.165, 1.54) is 0 Å². The normalized spacial score (nSPS) is 21.3. The van der Waals surface area contributed by atoms with Gasteiger partial charge in [-0.1, -0.05) is 43.0 Å². The van der Waals surface area contributed by atoms with Crippen molar-refractivity contribution < 1.29 is 14.7 Å². The van der Waals surface area contributed by atoms with E-state index in [0.29, 0.717) is 10.7 Å². The van der Waals surface area contributed by atoms with Gasteiger partial charge in [0.2, 0.25) is 0 Å². The van der Waals surface area contributed by atoms with Crippen LogP contribution in [0.15, 0.2) is 18.2 Å². The number of aryl methyl sites for hydroxylation is 1. The second-order valence-corrected chi connectivity index (χ2v) is 6.43. The SMILES string of the molecule is Cc1cccc(NC(=O)C(=O)NC2CCCCCC2CO)c1Cl. The predicted octanol–water partition coefficient (Wildman–Crippen LogP) is 2.64. The minimum atomic E-state index is -0.738. The molecule has 3 N–H and O–H groups in total. The molecule has 1 fully saturated rings. The smallest absolute Gasteiger partial charge is 0.313 e. The van der Waals surface area contributed by atoms with Crippen molar-refractivity contribution in [3.05, 3.63) is 28.8 Å². The van der Waals surface area contributed by atoms with E-state index in [1.807, 2.05) is 13.0 Å². The molecule has 2 atom stereocenters. The molecule has 0 spiro atoms. The number of carbonyl (C=O) groups is 2. The minimum absolute atomic E-state index is 0.0109. The van der Waals surface area contributed by atoms with Gasteiger partial charge in [0.15, 0.2) is 0 Å². The number of hydrogen-bond acceptors (Lipinski definition) is 3. The highest BCUT2D eigenvalue weighted by Gasteiger charge is 2.27. The minimum Gasteiger partial charge on any atom is -0.396 e. The molecule has 6 heteroatoms. The zero-order valence-corrected chi connectivity index (χ0v) is 14.0. The Bertz CT molecular complexity index is 577. The molecular weight excluding hydrogens is 316 g/mol. The molecule has 23 heavy (non-hydrogen) atoms. The van der Waals surface area contributed by atoms with Crippen molar-refractivity contribution in [3.63, 3.8) is 0 Å².